The number of carbonyl (C=O) groups is 1. The molecule has 0 bridgehead atoms. The lowest BCUT2D eigenvalue weighted by molar-refractivity contribution is 0.0600. The Labute approximate surface area is 152 Å². The van der Waals surface area contributed by atoms with Crippen molar-refractivity contribution in [1.82, 2.24) is 9.38 Å². The molecule has 0 spiro atoms. The van der Waals surface area contributed by atoms with Crippen molar-refractivity contribution in [3.8, 4) is 0 Å². The molecule has 0 amide bonds. The number of pyridine rings is 1. The number of benzene rings is 1. The van der Waals surface area contributed by atoms with Gasteiger partial charge in [-0.2, -0.15) is 0 Å². The highest BCUT2D eigenvalue weighted by atomic mass is 16.5. The van der Waals surface area contributed by atoms with E-state index in [0.29, 0.717) is 11.2 Å². The summed E-state index contributed by atoms with van der Waals surface area (Å²) in [5, 5.41) is 3.17. The van der Waals surface area contributed by atoms with E-state index < -0.39 is 0 Å². The second kappa shape index (κ2) is 7.31. The van der Waals surface area contributed by atoms with E-state index in [1.54, 1.807) is 12.1 Å². The first kappa shape index (κ1) is 17.5. The number of rotatable bonds is 5. The zero-order chi connectivity index (χ0) is 18.7. The first-order chi connectivity index (χ1) is 12.5. The quantitative estimate of drug-likeness (QED) is 0.715. The lowest BCUT2D eigenvalue weighted by Crippen LogP contribution is -2.07. The average Bonchev–Trinajstić information content (AvgIpc) is 3.02. The van der Waals surface area contributed by atoms with Crippen molar-refractivity contribution in [1.29, 1.82) is 0 Å². The number of nitrogens with one attached hydrogen (secondary N) is 1. The molecular weight excluding hydrogens is 328 g/mol. The van der Waals surface area contributed by atoms with Gasteiger partial charge in [0.25, 0.3) is 0 Å². The van der Waals surface area contributed by atoms with Crippen LogP contribution in [0.3, 0.4) is 0 Å². The third-order valence-corrected chi connectivity index (χ3v) is 4.15. The van der Waals surface area contributed by atoms with E-state index in [1.807, 2.05) is 43.9 Å². The Kier molecular flexibility index (Phi) is 4.93. The Hall–Kier alpha value is -3.28. The van der Waals surface area contributed by atoms with Crippen molar-refractivity contribution >= 4 is 35.3 Å². The molecule has 0 saturated heterocycles. The van der Waals surface area contributed by atoms with Gasteiger partial charge in [0, 0.05) is 33.0 Å². The lowest BCUT2D eigenvalue weighted by Gasteiger charge is -2.11. The number of esters is 1. The molecule has 6 nitrogen and oxygen atoms in total. The molecule has 3 aromatic rings. The number of anilines is 2. The van der Waals surface area contributed by atoms with E-state index in [1.165, 1.54) is 7.11 Å². The summed E-state index contributed by atoms with van der Waals surface area (Å²) in [6.07, 6.45) is 5.79. The predicted octanol–water partition coefficient (Wildman–Crippen LogP) is 3.40. The highest BCUT2D eigenvalue weighted by Crippen LogP contribution is 2.22. The van der Waals surface area contributed by atoms with Crippen LogP contribution in [0, 0.1) is 0 Å². The Balaban J connectivity index is 1.94. The number of methoxy groups -OCH3 is 1. The van der Waals surface area contributed by atoms with Crippen molar-refractivity contribution in [2.75, 3.05) is 38.5 Å². The molecule has 0 fully saturated rings. The normalized spacial score (nSPS) is 11.1. The molecule has 2 heterocycles. The summed E-state index contributed by atoms with van der Waals surface area (Å²) in [4.78, 5) is 18.4. The van der Waals surface area contributed by atoms with E-state index in [2.05, 4.69) is 39.5 Å². The fraction of sp³-hybridized carbons (Fsp3) is 0.200. The van der Waals surface area contributed by atoms with Crippen molar-refractivity contribution in [2.45, 2.75) is 0 Å². The summed E-state index contributed by atoms with van der Waals surface area (Å²) in [5.41, 5.74) is 4.19. The molecule has 0 aliphatic heterocycles. The van der Waals surface area contributed by atoms with Gasteiger partial charge in [0.1, 0.15) is 17.2 Å². The Morgan fingerprint density at radius 3 is 2.54 bits per heavy atom. The number of ether oxygens (including phenoxy) is 1. The minimum atomic E-state index is -0.375. The number of nitrogens with zero attached hydrogens (tertiary/aromatic N) is 3. The van der Waals surface area contributed by atoms with Gasteiger partial charge in [-0.15, -0.1) is 0 Å². The maximum Gasteiger partial charge on any atom is 0.338 e. The molecule has 0 atom stereocenters. The molecule has 0 aliphatic carbocycles. The van der Waals surface area contributed by atoms with Gasteiger partial charge in [-0.25, -0.2) is 9.78 Å². The Bertz CT molecular complexity index is 956. The van der Waals surface area contributed by atoms with Crippen LogP contribution in [0.4, 0.5) is 11.5 Å². The maximum absolute atomic E-state index is 11.7. The van der Waals surface area contributed by atoms with Gasteiger partial charge in [0.2, 0.25) is 0 Å². The highest BCUT2D eigenvalue weighted by Gasteiger charge is 2.12. The van der Waals surface area contributed by atoms with Crippen molar-refractivity contribution < 1.29 is 9.53 Å². The monoisotopic (exact) mass is 350 g/mol. The molecule has 3 rings (SSSR count). The number of hydrogen-bond donors (Lipinski definition) is 1. The Morgan fingerprint density at radius 2 is 1.92 bits per heavy atom. The number of hydrogen-bond acceptors (Lipinski definition) is 5. The standard InChI is InChI=1S/C20H22N4O2/c1-21-19-17(10-7-14-5-8-16(9-6-14)23(2)3)22-18-13-15(20(25)26-4)11-12-24(18)19/h5-13,21H,1-4H3/b10-7+. The highest BCUT2D eigenvalue weighted by molar-refractivity contribution is 5.90. The lowest BCUT2D eigenvalue weighted by atomic mass is 10.2. The summed E-state index contributed by atoms with van der Waals surface area (Å²) in [7, 11) is 7.25. The van der Waals surface area contributed by atoms with Gasteiger partial charge in [-0.05, 0) is 35.9 Å². The third-order valence-electron chi connectivity index (χ3n) is 4.15. The maximum atomic E-state index is 11.7. The van der Waals surface area contributed by atoms with E-state index in [0.717, 1.165) is 22.8 Å². The molecule has 0 radical (unpaired) electrons. The summed E-state index contributed by atoms with van der Waals surface area (Å²) >= 11 is 0. The number of aromatic nitrogens is 2. The van der Waals surface area contributed by atoms with Gasteiger partial charge >= 0.3 is 5.97 Å². The average molecular weight is 350 g/mol. The predicted molar refractivity (Wildman–Crippen MR) is 106 cm³/mol. The molecule has 134 valence electrons. The van der Waals surface area contributed by atoms with Gasteiger partial charge in [-0.3, -0.25) is 4.40 Å². The second-order valence-electron chi connectivity index (χ2n) is 6.05. The van der Waals surface area contributed by atoms with Crippen LogP contribution in [0.5, 0.6) is 0 Å². The molecule has 2 aromatic heterocycles. The minimum Gasteiger partial charge on any atom is -0.465 e. The van der Waals surface area contributed by atoms with Gasteiger partial charge in [0.05, 0.1) is 12.7 Å². The van der Waals surface area contributed by atoms with E-state index in [-0.39, 0.29) is 5.97 Å². The SMILES string of the molecule is CNc1c(/C=C/c2ccc(N(C)C)cc2)nc2cc(C(=O)OC)ccn12. The van der Waals surface area contributed by atoms with Crippen molar-refractivity contribution in [3.05, 3.63) is 59.4 Å². The molecule has 0 saturated carbocycles. The zero-order valence-corrected chi connectivity index (χ0v) is 15.4. The number of imidazole rings is 1. The smallest absolute Gasteiger partial charge is 0.338 e. The van der Waals surface area contributed by atoms with Gasteiger partial charge < -0.3 is 15.0 Å². The topological polar surface area (TPSA) is 58.9 Å². The van der Waals surface area contributed by atoms with Crippen LogP contribution in [-0.2, 0) is 4.74 Å². The molecule has 26 heavy (non-hydrogen) atoms. The molecule has 0 unspecified atom stereocenters. The fourth-order valence-electron chi connectivity index (χ4n) is 2.73. The number of fused-ring (bicyclic) bond motifs is 1. The summed E-state index contributed by atoms with van der Waals surface area (Å²) < 4.78 is 6.68. The zero-order valence-electron chi connectivity index (χ0n) is 15.4. The molecular formula is C20H22N4O2. The van der Waals surface area contributed by atoms with Crippen LogP contribution >= 0.6 is 0 Å². The van der Waals surface area contributed by atoms with E-state index in [9.17, 15) is 4.79 Å². The third kappa shape index (κ3) is 3.39. The summed E-state index contributed by atoms with van der Waals surface area (Å²) in [6.45, 7) is 0. The number of carbonyl (C=O) groups excluding carboxylic acids is 1. The summed E-state index contributed by atoms with van der Waals surface area (Å²) in [5.74, 6) is 0.483. The van der Waals surface area contributed by atoms with Crippen molar-refractivity contribution in [3.63, 3.8) is 0 Å². The van der Waals surface area contributed by atoms with Crippen molar-refractivity contribution in [2.24, 2.45) is 0 Å². The van der Waals surface area contributed by atoms with Crippen LogP contribution < -0.4 is 10.2 Å². The van der Waals surface area contributed by atoms with Crippen LogP contribution in [0.25, 0.3) is 17.8 Å². The van der Waals surface area contributed by atoms with E-state index >= 15 is 0 Å². The molecule has 6 heteroatoms. The van der Waals surface area contributed by atoms with Crippen LogP contribution in [0.1, 0.15) is 21.6 Å². The van der Waals surface area contributed by atoms with Gasteiger partial charge in [0.15, 0.2) is 0 Å². The first-order valence-electron chi connectivity index (χ1n) is 8.27. The first-order valence-corrected chi connectivity index (χ1v) is 8.27. The largest absolute Gasteiger partial charge is 0.465 e. The summed E-state index contributed by atoms with van der Waals surface area (Å²) in [6, 6.07) is 11.7. The van der Waals surface area contributed by atoms with Crippen LogP contribution in [0.15, 0.2) is 42.6 Å². The minimum absolute atomic E-state index is 0.375. The van der Waals surface area contributed by atoms with Crippen LogP contribution in [-0.4, -0.2) is 43.6 Å². The Morgan fingerprint density at radius 1 is 1.19 bits per heavy atom. The molecule has 0 aliphatic rings. The van der Waals surface area contributed by atoms with Crippen LogP contribution in [0.2, 0.25) is 0 Å². The van der Waals surface area contributed by atoms with Gasteiger partial charge in [-0.1, -0.05) is 18.2 Å². The second-order valence-corrected chi connectivity index (χ2v) is 6.05. The van der Waals surface area contributed by atoms with E-state index in [4.69, 9.17) is 4.74 Å². The molecule has 1 N–H and O–H groups in total. The fourth-order valence-corrected chi connectivity index (χ4v) is 2.73. The molecule has 1 aromatic carbocycles.